The summed E-state index contributed by atoms with van der Waals surface area (Å²) in [6.07, 6.45) is 1.69. The fourth-order valence-corrected chi connectivity index (χ4v) is 3.57. The highest BCUT2D eigenvalue weighted by Gasteiger charge is 2.61. The number of halogens is 4. The molecule has 0 aliphatic heterocycles. The highest BCUT2D eigenvalue weighted by Crippen LogP contribution is 2.60. The number of rotatable bonds is 4. The molecule has 1 saturated carbocycles. The molecule has 1 aliphatic rings. The quantitative estimate of drug-likeness (QED) is 0.590. The molecule has 1 aliphatic carbocycles. The van der Waals surface area contributed by atoms with Crippen LogP contribution in [0.25, 0.3) is 0 Å². The highest BCUT2D eigenvalue weighted by atomic mass is 79.9. The van der Waals surface area contributed by atoms with Gasteiger partial charge in [-0.25, -0.2) is 0 Å². The van der Waals surface area contributed by atoms with Crippen molar-refractivity contribution in [3.05, 3.63) is 43.8 Å². The van der Waals surface area contributed by atoms with Gasteiger partial charge in [-0.3, -0.25) is 4.79 Å². The van der Waals surface area contributed by atoms with Gasteiger partial charge in [0.1, 0.15) is 11.1 Å². The maximum Gasteiger partial charge on any atom is 0.310 e. The van der Waals surface area contributed by atoms with Crippen LogP contribution >= 0.6 is 50.7 Å². The van der Waals surface area contributed by atoms with Gasteiger partial charge in [0.2, 0.25) is 0 Å². The van der Waals surface area contributed by atoms with E-state index >= 15 is 0 Å². The van der Waals surface area contributed by atoms with Gasteiger partial charge in [-0.1, -0.05) is 70.6 Å². The van der Waals surface area contributed by atoms with Crippen molar-refractivity contribution in [2.45, 2.75) is 20.5 Å². The third-order valence-electron chi connectivity index (χ3n) is 3.89. The Kier molecular flexibility index (Phi) is 5.30. The number of carbonyl (C=O) groups is 1. The van der Waals surface area contributed by atoms with Crippen molar-refractivity contribution >= 4 is 56.7 Å². The molecule has 2 atom stereocenters. The van der Waals surface area contributed by atoms with E-state index in [1.54, 1.807) is 12.1 Å². The first kappa shape index (κ1) is 17.1. The Bertz CT molecular complexity index is 574. The fourth-order valence-electron chi connectivity index (χ4n) is 2.48. The summed E-state index contributed by atoms with van der Waals surface area (Å²) in [5.74, 6) is -0.487. The highest BCUT2D eigenvalue weighted by molar-refractivity contribution is 9.10. The van der Waals surface area contributed by atoms with E-state index in [-0.39, 0.29) is 34.3 Å². The SMILES string of the molecule is CC1(C)[C@H](C=C(Cl)Cl)[C@H]1C(=O)OCc1c(Cl)cccc1Br. The van der Waals surface area contributed by atoms with E-state index < -0.39 is 0 Å². The molecule has 0 aromatic heterocycles. The summed E-state index contributed by atoms with van der Waals surface area (Å²) in [6, 6.07) is 5.44. The minimum Gasteiger partial charge on any atom is -0.460 e. The maximum atomic E-state index is 12.2. The third-order valence-corrected chi connectivity index (χ3v) is 5.24. The second-order valence-corrected chi connectivity index (χ2v) is 7.86. The molecule has 0 heterocycles. The van der Waals surface area contributed by atoms with E-state index in [9.17, 15) is 4.79 Å². The van der Waals surface area contributed by atoms with Crippen LogP contribution in [-0.4, -0.2) is 5.97 Å². The summed E-state index contributed by atoms with van der Waals surface area (Å²) in [4.78, 5) is 12.2. The number of allylic oxidation sites excluding steroid dienone is 1. The molecule has 1 aromatic rings. The molecule has 0 amide bonds. The molecule has 0 N–H and O–H groups in total. The lowest BCUT2D eigenvalue weighted by atomic mass is 10.1. The van der Waals surface area contributed by atoms with Crippen molar-refractivity contribution in [3.63, 3.8) is 0 Å². The van der Waals surface area contributed by atoms with Gasteiger partial charge < -0.3 is 4.74 Å². The molecule has 2 rings (SSSR count). The summed E-state index contributed by atoms with van der Waals surface area (Å²) in [6.45, 7) is 4.11. The molecule has 2 nitrogen and oxygen atoms in total. The molecule has 114 valence electrons. The Balaban J connectivity index is 2.02. The molecule has 1 aromatic carbocycles. The van der Waals surface area contributed by atoms with Gasteiger partial charge in [0, 0.05) is 15.1 Å². The largest absolute Gasteiger partial charge is 0.460 e. The van der Waals surface area contributed by atoms with Gasteiger partial charge in [0.05, 0.1) is 5.92 Å². The van der Waals surface area contributed by atoms with Crippen molar-refractivity contribution in [2.24, 2.45) is 17.3 Å². The molecule has 0 radical (unpaired) electrons. The Morgan fingerprint density at radius 1 is 1.43 bits per heavy atom. The van der Waals surface area contributed by atoms with E-state index in [4.69, 9.17) is 39.5 Å². The van der Waals surface area contributed by atoms with E-state index in [2.05, 4.69) is 15.9 Å². The van der Waals surface area contributed by atoms with E-state index in [0.717, 1.165) is 10.0 Å². The summed E-state index contributed by atoms with van der Waals surface area (Å²) in [5, 5.41) is 0.562. The number of carbonyl (C=O) groups excluding carboxylic acids is 1. The monoisotopic (exact) mass is 410 g/mol. The molecular formula is C15H14BrCl3O2. The zero-order valence-electron chi connectivity index (χ0n) is 11.5. The van der Waals surface area contributed by atoms with Crippen LogP contribution in [0.3, 0.4) is 0 Å². The van der Waals surface area contributed by atoms with Gasteiger partial charge >= 0.3 is 5.97 Å². The van der Waals surface area contributed by atoms with Gasteiger partial charge in [-0.05, 0) is 29.5 Å². The van der Waals surface area contributed by atoms with Gasteiger partial charge in [0.15, 0.2) is 0 Å². The Morgan fingerprint density at radius 2 is 2.10 bits per heavy atom. The van der Waals surface area contributed by atoms with E-state index in [0.29, 0.717) is 5.02 Å². The Labute approximate surface area is 147 Å². The third kappa shape index (κ3) is 3.76. The lowest BCUT2D eigenvalue weighted by molar-refractivity contribution is -0.147. The fraction of sp³-hybridized carbons (Fsp3) is 0.400. The summed E-state index contributed by atoms with van der Waals surface area (Å²) in [5.41, 5.74) is 0.567. The predicted octanol–water partition coefficient (Wildman–Crippen LogP) is 5.74. The van der Waals surface area contributed by atoms with Crippen molar-refractivity contribution < 1.29 is 9.53 Å². The van der Waals surface area contributed by atoms with Crippen LogP contribution in [0.15, 0.2) is 33.2 Å². The predicted molar refractivity (Wildman–Crippen MR) is 89.5 cm³/mol. The van der Waals surface area contributed by atoms with Crippen LogP contribution in [-0.2, 0) is 16.1 Å². The normalized spacial score (nSPS) is 22.6. The minimum atomic E-state index is -0.261. The molecule has 0 bridgehead atoms. The Hall–Kier alpha value is -0.220. The van der Waals surface area contributed by atoms with Gasteiger partial charge in [0.25, 0.3) is 0 Å². The smallest absolute Gasteiger partial charge is 0.310 e. The van der Waals surface area contributed by atoms with E-state index in [1.165, 1.54) is 0 Å². The number of ether oxygens (including phenoxy) is 1. The first-order valence-corrected chi connectivity index (χ1v) is 8.30. The summed E-state index contributed by atoms with van der Waals surface area (Å²) in [7, 11) is 0. The van der Waals surface area contributed by atoms with Crippen molar-refractivity contribution in [1.82, 2.24) is 0 Å². The molecule has 1 fully saturated rings. The molecule has 0 saturated heterocycles. The van der Waals surface area contributed by atoms with Crippen LogP contribution in [0.2, 0.25) is 5.02 Å². The van der Waals surface area contributed by atoms with Crippen molar-refractivity contribution in [1.29, 1.82) is 0 Å². The van der Waals surface area contributed by atoms with Crippen LogP contribution in [0.5, 0.6) is 0 Å². The molecular weight excluding hydrogens is 398 g/mol. The average molecular weight is 413 g/mol. The molecule has 0 spiro atoms. The minimum absolute atomic E-state index is 0.00434. The average Bonchev–Trinajstić information content (AvgIpc) is 2.89. The molecule has 6 heteroatoms. The summed E-state index contributed by atoms with van der Waals surface area (Å²) >= 11 is 20.8. The van der Waals surface area contributed by atoms with E-state index in [1.807, 2.05) is 26.0 Å². The number of hydrogen-bond donors (Lipinski definition) is 0. The standard InChI is InChI=1S/C15H14BrCl3O2/c1-15(2)9(6-12(18)19)13(15)14(20)21-7-8-10(16)4-3-5-11(8)17/h3-6,9,13H,7H2,1-2H3/t9-,13+/m1/s1. The molecule has 0 unspecified atom stereocenters. The first-order valence-electron chi connectivity index (χ1n) is 6.37. The van der Waals surface area contributed by atoms with Crippen molar-refractivity contribution in [3.8, 4) is 0 Å². The number of benzene rings is 1. The van der Waals surface area contributed by atoms with Crippen LogP contribution < -0.4 is 0 Å². The number of hydrogen-bond acceptors (Lipinski definition) is 2. The maximum absolute atomic E-state index is 12.2. The van der Waals surface area contributed by atoms with Crippen molar-refractivity contribution in [2.75, 3.05) is 0 Å². The second kappa shape index (κ2) is 6.49. The number of esters is 1. The Morgan fingerprint density at radius 3 is 2.67 bits per heavy atom. The zero-order chi connectivity index (χ0) is 15.8. The molecule has 21 heavy (non-hydrogen) atoms. The summed E-state index contributed by atoms with van der Waals surface area (Å²) < 4.78 is 6.39. The lowest BCUT2D eigenvalue weighted by Crippen LogP contribution is -2.11. The van der Waals surface area contributed by atoms with Gasteiger partial charge in [-0.2, -0.15) is 0 Å². The topological polar surface area (TPSA) is 26.3 Å². The lowest BCUT2D eigenvalue weighted by Gasteiger charge is -2.09. The first-order chi connectivity index (χ1) is 9.75. The second-order valence-electron chi connectivity index (χ2n) is 5.59. The zero-order valence-corrected chi connectivity index (χ0v) is 15.4. The van der Waals surface area contributed by atoms with Crippen LogP contribution in [0, 0.1) is 17.3 Å². The van der Waals surface area contributed by atoms with Crippen LogP contribution in [0.1, 0.15) is 19.4 Å². The van der Waals surface area contributed by atoms with Crippen LogP contribution in [0.4, 0.5) is 0 Å². The van der Waals surface area contributed by atoms with Gasteiger partial charge in [-0.15, -0.1) is 0 Å².